The van der Waals surface area contributed by atoms with Crippen LogP contribution in [0.3, 0.4) is 0 Å². The Balaban J connectivity index is 1.29. The number of carbonyl (C=O) groups is 1. The van der Waals surface area contributed by atoms with Gasteiger partial charge in [-0.15, -0.1) is 5.48 Å². The number of nitrogens with one attached hydrogen (secondary N) is 3. The maximum atomic E-state index is 14.3. The Kier molecular flexibility index (Phi) is 5.54. The molecule has 3 N–H and O–H groups in total. The molecule has 1 aliphatic heterocycles. The standard InChI is InChI=1S/C23H19F3N6O2/c1-12-8-15-20(26)16(24)9-17(25)21(15)32(12)7-6-27-19-10-18(28-11-29-19)13-2-4-14(5-3-13)22-30-23(33)34-31-22/h2-5,8-11,22,31H,6-7H2,1H3,(H,30,33)(H,27,28,29). The maximum absolute atomic E-state index is 14.3. The molecule has 0 spiro atoms. The van der Waals surface area contributed by atoms with Crippen molar-refractivity contribution < 1.29 is 22.8 Å². The minimum absolute atomic E-state index is 0.0278. The number of anilines is 1. The van der Waals surface area contributed by atoms with E-state index in [2.05, 4.69) is 30.9 Å². The second kappa shape index (κ2) is 8.67. The minimum atomic E-state index is -1.21. The van der Waals surface area contributed by atoms with Gasteiger partial charge in [-0.05, 0) is 18.6 Å². The molecule has 2 aromatic carbocycles. The average Bonchev–Trinajstić information content (AvgIpc) is 3.41. The Morgan fingerprint density at radius 1 is 1.09 bits per heavy atom. The lowest BCUT2D eigenvalue weighted by Gasteiger charge is -2.12. The van der Waals surface area contributed by atoms with Crippen LogP contribution in [0.25, 0.3) is 22.2 Å². The van der Waals surface area contributed by atoms with E-state index in [9.17, 15) is 18.0 Å². The predicted octanol–water partition coefficient (Wildman–Crippen LogP) is 4.18. The van der Waals surface area contributed by atoms with Gasteiger partial charge in [-0.25, -0.2) is 27.9 Å². The van der Waals surface area contributed by atoms with Crippen molar-refractivity contribution in [2.45, 2.75) is 19.6 Å². The Labute approximate surface area is 191 Å². The summed E-state index contributed by atoms with van der Waals surface area (Å²) in [4.78, 5) is 24.4. The lowest BCUT2D eigenvalue weighted by Crippen LogP contribution is -2.21. The van der Waals surface area contributed by atoms with Crippen LogP contribution in [0.15, 0.2) is 48.8 Å². The highest BCUT2D eigenvalue weighted by Crippen LogP contribution is 2.27. The molecule has 11 heteroatoms. The van der Waals surface area contributed by atoms with Crippen LogP contribution in [0.5, 0.6) is 0 Å². The molecule has 0 aliphatic carbocycles. The summed E-state index contributed by atoms with van der Waals surface area (Å²) in [5.41, 5.74) is 5.56. The molecule has 8 nitrogen and oxygen atoms in total. The third kappa shape index (κ3) is 4.01. The smallest absolute Gasteiger partial charge is 0.368 e. The number of hydroxylamine groups is 1. The van der Waals surface area contributed by atoms with E-state index in [0.29, 0.717) is 36.4 Å². The molecule has 1 atom stereocenters. The van der Waals surface area contributed by atoms with Crippen LogP contribution in [0.2, 0.25) is 0 Å². The van der Waals surface area contributed by atoms with Crippen LogP contribution >= 0.6 is 0 Å². The van der Waals surface area contributed by atoms with Crippen molar-refractivity contribution in [3.8, 4) is 11.3 Å². The zero-order chi connectivity index (χ0) is 23.8. The van der Waals surface area contributed by atoms with E-state index in [0.717, 1.165) is 11.1 Å². The molecular formula is C23H19F3N6O2. The van der Waals surface area contributed by atoms with Crippen LogP contribution in [0.4, 0.5) is 23.8 Å². The molecular weight excluding hydrogens is 449 g/mol. The Morgan fingerprint density at radius 3 is 2.62 bits per heavy atom. The van der Waals surface area contributed by atoms with Crippen molar-refractivity contribution in [1.82, 2.24) is 25.3 Å². The summed E-state index contributed by atoms with van der Waals surface area (Å²) in [5.74, 6) is -2.52. The lowest BCUT2D eigenvalue weighted by molar-refractivity contribution is 0.122. The normalized spacial score (nSPS) is 15.4. The number of aromatic nitrogens is 3. The van der Waals surface area contributed by atoms with Gasteiger partial charge in [0.25, 0.3) is 0 Å². The topological polar surface area (TPSA) is 93.1 Å². The zero-order valence-electron chi connectivity index (χ0n) is 17.9. The Hall–Kier alpha value is -4.12. The Morgan fingerprint density at radius 2 is 1.88 bits per heavy atom. The molecule has 174 valence electrons. The molecule has 0 saturated carbocycles. The van der Waals surface area contributed by atoms with Crippen molar-refractivity contribution in [3.63, 3.8) is 0 Å². The first kappa shape index (κ1) is 21.7. The second-order valence-corrected chi connectivity index (χ2v) is 7.78. The quantitative estimate of drug-likeness (QED) is 0.368. The molecule has 0 bridgehead atoms. The van der Waals surface area contributed by atoms with Crippen LogP contribution < -0.4 is 16.1 Å². The summed E-state index contributed by atoms with van der Waals surface area (Å²) >= 11 is 0. The summed E-state index contributed by atoms with van der Waals surface area (Å²) < 4.78 is 43.6. The average molecular weight is 468 g/mol. The van der Waals surface area contributed by atoms with E-state index < -0.39 is 29.7 Å². The molecule has 1 saturated heterocycles. The van der Waals surface area contributed by atoms with Crippen LogP contribution in [0.1, 0.15) is 17.4 Å². The number of carbonyl (C=O) groups excluding carboxylic acids is 1. The number of hydrogen-bond donors (Lipinski definition) is 3. The van der Waals surface area contributed by atoms with Crippen molar-refractivity contribution >= 4 is 22.8 Å². The van der Waals surface area contributed by atoms with Crippen molar-refractivity contribution in [2.75, 3.05) is 11.9 Å². The number of benzene rings is 2. The fraction of sp³-hybridized carbons (Fsp3) is 0.174. The van der Waals surface area contributed by atoms with Crippen LogP contribution in [0, 0.1) is 24.4 Å². The van der Waals surface area contributed by atoms with E-state index in [1.165, 1.54) is 12.4 Å². The lowest BCUT2D eigenvalue weighted by atomic mass is 10.1. The first-order chi connectivity index (χ1) is 16.4. The van der Waals surface area contributed by atoms with E-state index in [1.807, 2.05) is 24.3 Å². The molecule has 0 radical (unpaired) electrons. The second-order valence-electron chi connectivity index (χ2n) is 7.78. The highest BCUT2D eigenvalue weighted by atomic mass is 19.2. The predicted molar refractivity (Wildman–Crippen MR) is 118 cm³/mol. The van der Waals surface area contributed by atoms with Gasteiger partial charge in [0.2, 0.25) is 0 Å². The molecule has 2 aromatic heterocycles. The van der Waals surface area contributed by atoms with Gasteiger partial charge in [0.1, 0.15) is 18.3 Å². The fourth-order valence-corrected chi connectivity index (χ4v) is 3.96. The fourth-order valence-electron chi connectivity index (χ4n) is 3.96. The first-order valence-electron chi connectivity index (χ1n) is 10.4. The van der Waals surface area contributed by atoms with E-state index in [1.54, 1.807) is 17.6 Å². The number of rotatable bonds is 6. The summed E-state index contributed by atoms with van der Waals surface area (Å²) in [7, 11) is 0. The SMILES string of the molecule is Cc1cc2c(F)c(F)cc(F)c2n1CCNc1cc(-c2ccc(C3NOC(=O)N3)cc2)ncn1. The van der Waals surface area contributed by atoms with Gasteiger partial charge in [0.15, 0.2) is 17.5 Å². The number of hydrogen-bond acceptors (Lipinski definition) is 6. The highest BCUT2D eigenvalue weighted by molar-refractivity contribution is 5.82. The zero-order valence-corrected chi connectivity index (χ0v) is 17.9. The van der Waals surface area contributed by atoms with E-state index in [-0.39, 0.29) is 10.9 Å². The van der Waals surface area contributed by atoms with Gasteiger partial charge in [0.05, 0.1) is 11.2 Å². The number of aryl methyl sites for hydroxylation is 1. The summed E-state index contributed by atoms with van der Waals surface area (Å²) in [6.07, 6.45) is 0.461. The molecule has 4 aromatic rings. The van der Waals surface area contributed by atoms with Crippen molar-refractivity contribution in [2.24, 2.45) is 0 Å². The van der Waals surface area contributed by atoms with Crippen LogP contribution in [-0.2, 0) is 11.4 Å². The minimum Gasteiger partial charge on any atom is -0.368 e. The maximum Gasteiger partial charge on any atom is 0.427 e. The number of nitrogens with zero attached hydrogens (tertiary/aromatic N) is 3. The number of amides is 1. The van der Waals surface area contributed by atoms with Gasteiger partial charge in [-0.2, -0.15) is 0 Å². The first-order valence-corrected chi connectivity index (χ1v) is 10.4. The van der Waals surface area contributed by atoms with Gasteiger partial charge in [0, 0.05) is 41.9 Å². The summed E-state index contributed by atoms with van der Waals surface area (Å²) in [5, 5.41) is 5.70. The Bertz CT molecular complexity index is 1390. The third-order valence-corrected chi connectivity index (χ3v) is 5.61. The third-order valence-electron chi connectivity index (χ3n) is 5.61. The van der Waals surface area contributed by atoms with Gasteiger partial charge in [-0.3, -0.25) is 5.32 Å². The summed E-state index contributed by atoms with van der Waals surface area (Å²) in [6.45, 7) is 2.39. The molecule has 1 amide bonds. The summed E-state index contributed by atoms with van der Waals surface area (Å²) in [6, 6.07) is 11.2. The van der Waals surface area contributed by atoms with Gasteiger partial charge >= 0.3 is 6.09 Å². The van der Waals surface area contributed by atoms with Crippen molar-refractivity contribution in [3.05, 3.63) is 77.5 Å². The molecule has 1 aliphatic rings. The van der Waals surface area contributed by atoms with E-state index in [4.69, 9.17) is 0 Å². The van der Waals surface area contributed by atoms with Gasteiger partial charge in [-0.1, -0.05) is 24.3 Å². The highest BCUT2D eigenvalue weighted by Gasteiger charge is 2.23. The molecule has 34 heavy (non-hydrogen) atoms. The van der Waals surface area contributed by atoms with Crippen LogP contribution in [-0.4, -0.2) is 27.2 Å². The monoisotopic (exact) mass is 468 g/mol. The molecule has 1 unspecified atom stereocenters. The number of fused-ring (bicyclic) bond motifs is 1. The van der Waals surface area contributed by atoms with Crippen molar-refractivity contribution in [1.29, 1.82) is 0 Å². The van der Waals surface area contributed by atoms with E-state index >= 15 is 0 Å². The largest absolute Gasteiger partial charge is 0.427 e. The molecule has 5 rings (SSSR count). The molecule has 3 heterocycles. The molecule has 1 fully saturated rings. The van der Waals surface area contributed by atoms with Gasteiger partial charge < -0.3 is 14.7 Å². The number of halogens is 3.